The Hall–Kier alpha value is -2.65. The normalized spacial score (nSPS) is 22.8. The van der Waals surface area contributed by atoms with E-state index in [4.69, 9.17) is 5.26 Å². The number of fused-ring (bicyclic) bond motifs is 1. The van der Waals surface area contributed by atoms with Crippen LogP contribution in [0, 0.1) is 11.3 Å². The van der Waals surface area contributed by atoms with Gasteiger partial charge in [-0.05, 0) is 31.0 Å². The Kier molecular flexibility index (Phi) is 4.02. The maximum absolute atomic E-state index is 12.9. The summed E-state index contributed by atoms with van der Waals surface area (Å²) in [6, 6.07) is 9.81. The van der Waals surface area contributed by atoms with Gasteiger partial charge in [-0.25, -0.2) is 0 Å². The second kappa shape index (κ2) is 6.34. The molecule has 1 aromatic heterocycles. The lowest BCUT2D eigenvalue weighted by Crippen LogP contribution is -2.39. The molecular formula is C19H21N5O. The first-order valence-corrected chi connectivity index (χ1v) is 8.68. The molecule has 0 N–H and O–H groups in total. The Balaban J connectivity index is 1.47. The molecule has 0 unspecified atom stereocenters. The molecule has 2 fully saturated rings. The lowest BCUT2D eigenvalue weighted by molar-refractivity contribution is 0.0732. The van der Waals surface area contributed by atoms with Gasteiger partial charge < -0.3 is 4.90 Å². The van der Waals surface area contributed by atoms with Crippen LogP contribution in [-0.4, -0.2) is 50.7 Å². The standard InChI is InChI=1S/C19H21N5O/c1-22-12-15(11-21-22)13-23-7-5-18-17(23)6-8-24(18)19(25)16-4-2-3-14(9-16)10-20/h2-4,9,11-12,17-18H,5-8,13H2,1H3/t17-,18+/m0/s1. The highest BCUT2D eigenvalue weighted by atomic mass is 16.2. The first kappa shape index (κ1) is 15.9. The number of aryl methyl sites for hydroxylation is 1. The van der Waals surface area contributed by atoms with E-state index >= 15 is 0 Å². The van der Waals surface area contributed by atoms with Crippen LogP contribution in [0.4, 0.5) is 0 Å². The van der Waals surface area contributed by atoms with Crippen LogP contribution in [0.15, 0.2) is 36.7 Å². The van der Waals surface area contributed by atoms with E-state index in [0.29, 0.717) is 17.2 Å². The summed E-state index contributed by atoms with van der Waals surface area (Å²) in [5, 5.41) is 13.3. The Morgan fingerprint density at radius 1 is 1.32 bits per heavy atom. The third kappa shape index (κ3) is 2.92. The van der Waals surface area contributed by atoms with Gasteiger partial charge in [0.15, 0.2) is 0 Å². The minimum absolute atomic E-state index is 0.0489. The maximum atomic E-state index is 12.9. The second-order valence-electron chi connectivity index (χ2n) is 6.90. The van der Waals surface area contributed by atoms with Gasteiger partial charge >= 0.3 is 0 Å². The van der Waals surface area contributed by atoms with Gasteiger partial charge in [-0.15, -0.1) is 0 Å². The van der Waals surface area contributed by atoms with Crippen molar-refractivity contribution < 1.29 is 4.79 Å². The average Bonchev–Trinajstić information content (AvgIpc) is 3.32. The van der Waals surface area contributed by atoms with E-state index in [1.807, 2.05) is 22.8 Å². The van der Waals surface area contributed by atoms with Crippen molar-refractivity contribution in [3.05, 3.63) is 53.3 Å². The number of carbonyl (C=O) groups is 1. The summed E-state index contributed by atoms with van der Waals surface area (Å²) in [4.78, 5) is 17.4. The molecule has 0 saturated carbocycles. The first-order valence-electron chi connectivity index (χ1n) is 8.68. The third-order valence-corrected chi connectivity index (χ3v) is 5.33. The molecule has 0 spiro atoms. The monoisotopic (exact) mass is 335 g/mol. The van der Waals surface area contributed by atoms with Crippen molar-refractivity contribution in [3.8, 4) is 6.07 Å². The predicted molar refractivity (Wildman–Crippen MR) is 92.6 cm³/mol. The van der Waals surface area contributed by atoms with Gasteiger partial charge in [-0.1, -0.05) is 6.07 Å². The number of nitriles is 1. The molecular weight excluding hydrogens is 314 g/mol. The zero-order valence-electron chi connectivity index (χ0n) is 14.3. The van der Waals surface area contributed by atoms with Crippen molar-refractivity contribution in [3.63, 3.8) is 0 Å². The Bertz CT molecular complexity index is 836. The van der Waals surface area contributed by atoms with Crippen molar-refractivity contribution in [1.29, 1.82) is 5.26 Å². The number of benzene rings is 1. The van der Waals surface area contributed by atoms with Gasteiger partial charge in [-0.3, -0.25) is 14.4 Å². The van der Waals surface area contributed by atoms with Gasteiger partial charge in [0.1, 0.15) is 0 Å². The number of carbonyl (C=O) groups excluding carboxylic acids is 1. The minimum atomic E-state index is 0.0489. The number of rotatable bonds is 3. The van der Waals surface area contributed by atoms with Gasteiger partial charge in [0, 0.05) is 56.1 Å². The number of hydrogen-bond acceptors (Lipinski definition) is 4. The van der Waals surface area contributed by atoms with E-state index in [9.17, 15) is 4.79 Å². The molecule has 0 bridgehead atoms. The highest BCUT2D eigenvalue weighted by Crippen LogP contribution is 2.33. The SMILES string of the molecule is Cn1cc(CN2CC[C@@H]3[C@@H]2CCN3C(=O)c2cccc(C#N)c2)cn1. The summed E-state index contributed by atoms with van der Waals surface area (Å²) in [6.45, 7) is 2.68. The smallest absolute Gasteiger partial charge is 0.254 e. The zero-order valence-corrected chi connectivity index (χ0v) is 14.3. The third-order valence-electron chi connectivity index (χ3n) is 5.33. The van der Waals surface area contributed by atoms with Crippen LogP contribution in [0.25, 0.3) is 0 Å². The Labute approximate surface area is 147 Å². The molecule has 2 aliphatic heterocycles. The van der Waals surface area contributed by atoms with Gasteiger partial charge in [-0.2, -0.15) is 10.4 Å². The van der Waals surface area contributed by atoms with E-state index in [0.717, 1.165) is 32.5 Å². The molecule has 6 nitrogen and oxygen atoms in total. The highest BCUT2D eigenvalue weighted by Gasteiger charge is 2.44. The van der Waals surface area contributed by atoms with E-state index in [1.54, 1.807) is 24.3 Å². The summed E-state index contributed by atoms with van der Waals surface area (Å²) in [7, 11) is 1.93. The van der Waals surface area contributed by atoms with Gasteiger partial charge in [0.05, 0.1) is 17.8 Å². The maximum Gasteiger partial charge on any atom is 0.254 e. The van der Waals surface area contributed by atoms with Crippen molar-refractivity contribution in [2.24, 2.45) is 7.05 Å². The fourth-order valence-corrected chi connectivity index (χ4v) is 4.20. The molecule has 2 aromatic rings. The lowest BCUT2D eigenvalue weighted by atomic mass is 10.1. The molecule has 0 aliphatic carbocycles. The summed E-state index contributed by atoms with van der Waals surface area (Å²) in [5.41, 5.74) is 2.37. The van der Waals surface area contributed by atoms with E-state index in [2.05, 4.69) is 22.3 Å². The number of aromatic nitrogens is 2. The zero-order chi connectivity index (χ0) is 17.4. The predicted octanol–water partition coefficient (Wildman–Crippen LogP) is 1.78. The summed E-state index contributed by atoms with van der Waals surface area (Å²) >= 11 is 0. The van der Waals surface area contributed by atoms with Crippen molar-refractivity contribution in [1.82, 2.24) is 19.6 Å². The largest absolute Gasteiger partial charge is 0.334 e. The van der Waals surface area contributed by atoms with Gasteiger partial charge in [0.25, 0.3) is 5.91 Å². The van der Waals surface area contributed by atoms with Crippen LogP contribution in [0.5, 0.6) is 0 Å². The lowest BCUT2D eigenvalue weighted by Gasteiger charge is -2.25. The molecule has 2 atom stereocenters. The van der Waals surface area contributed by atoms with E-state index in [-0.39, 0.29) is 11.9 Å². The van der Waals surface area contributed by atoms with Crippen LogP contribution in [-0.2, 0) is 13.6 Å². The number of likely N-dealkylation sites (tertiary alicyclic amines) is 2. The van der Waals surface area contributed by atoms with Crippen LogP contribution in [0.2, 0.25) is 0 Å². The minimum Gasteiger partial charge on any atom is -0.334 e. The van der Waals surface area contributed by atoms with Crippen LogP contribution >= 0.6 is 0 Å². The van der Waals surface area contributed by atoms with Crippen LogP contribution in [0.3, 0.4) is 0 Å². The molecule has 4 rings (SSSR count). The quantitative estimate of drug-likeness (QED) is 0.858. The molecule has 2 saturated heterocycles. The topological polar surface area (TPSA) is 65.2 Å². The van der Waals surface area contributed by atoms with Crippen LogP contribution in [0.1, 0.15) is 34.3 Å². The average molecular weight is 335 g/mol. The summed E-state index contributed by atoms with van der Waals surface area (Å²) in [6.07, 6.45) is 5.99. The summed E-state index contributed by atoms with van der Waals surface area (Å²) in [5.74, 6) is 0.0489. The summed E-state index contributed by atoms with van der Waals surface area (Å²) < 4.78 is 1.83. The molecule has 3 heterocycles. The second-order valence-corrected chi connectivity index (χ2v) is 6.90. The molecule has 0 radical (unpaired) electrons. The molecule has 128 valence electrons. The Morgan fingerprint density at radius 2 is 2.16 bits per heavy atom. The number of nitrogens with zero attached hydrogens (tertiary/aromatic N) is 5. The number of hydrogen-bond donors (Lipinski definition) is 0. The number of amides is 1. The fourth-order valence-electron chi connectivity index (χ4n) is 4.20. The van der Waals surface area contributed by atoms with Crippen molar-refractivity contribution in [2.75, 3.05) is 13.1 Å². The van der Waals surface area contributed by atoms with Crippen molar-refractivity contribution >= 4 is 5.91 Å². The molecule has 25 heavy (non-hydrogen) atoms. The fraction of sp³-hybridized carbons (Fsp3) is 0.421. The molecule has 2 aliphatic rings. The highest BCUT2D eigenvalue weighted by molar-refractivity contribution is 5.95. The van der Waals surface area contributed by atoms with Gasteiger partial charge in [0.2, 0.25) is 0 Å². The van der Waals surface area contributed by atoms with Crippen LogP contribution < -0.4 is 0 Å². The van der Waals surface area contributed by atoms with E-state index < -0.39 is 0 Å². The van der Waals surface area contributed by atoms with E-state index in [1.165, 1.54) is 5.56 Å². The van der Waals surface area contributed by atoms with Crippen molar-refractivity contribution in [2.45, 2.75) is 31.5 Å². The first-order chi connectivity index (χ1) is 12.2. The molecule has 1 aromatic carbocycles. The molecule has 6 heteroatoms. The molecule has 1 amide bonds. The Morgan fingerprint density at radius 3 is 2.92 bits per heavy atom.